The molecule has 0 amide bonds. The number of nitrogens with zero attached hydrogens (tertiary/aromatic N) is 1. The monoisotopic (exact) mass is 240 g/mol. The third kappa shape index (κ3) is 2.80. The third-order valence-corrected chi connectivity index (χ3v) is 3.74. The molecule has 1 saturated heterocycles. The van der Waals surface area contributed by atoms with Crippen molar-refractivity contribution in [2.24, 2.45) is 0 Å². The van der Waals surface area contributed by atoms with E-state index < -0.39 is 5.54 Å². The lowest BCUT2D eigenvalue weighted by Crippen LogP contribution is -2.55. The van der Waals surface area contributed by atoms with Crippen LogP contribution in [0.25, 0.3) is 0 Å². The van der Waals surface area contributed by atoms with Crippen LogP contribution in [-0.2, 0) is 9.53 Å². The Bertz CT molecular complexity index is 279. The number of hydrogen-bond acceptors (Lipinski definition) is 4. The van der Waals surface area contributed by atoms with Gasteiger partial charge in [0.15, 0.2) is 0 Å². The molecule has 1 aliphatic carbocycles. The lowest BCUT2D eigenvalue weighted by molar-refractivity contribution is -0.150. The summed E-state index contributed by atoms with van der Waals surface area (Å²) in [5.74, 6) is -0.0587. The van der Waals surface area contributed by atoms with Crippen LogP contribution in [0.3, 0.4) is 0 Å². The first kappa shape index (κ1) is 12.8. The van der Waals surface area contributed by atoms with Gasteiger partial charge in [-0.05, 0) is 39.2 Å². The summed E-state index contributed by atoms with van der Waals surface area (Å²) in [6.07, 6.45) is 4.53. The van der Waals surface area contributed by atoms with Gasteiger partial charge in [0.1, 0.15) is 5.54 Å². The number of esters is 1. The lowest BCUT2D eigenvalue weighted by Gasteiger charge is -2.28. The largest absolute Gasteiger partial charge is 0.465 e. The quantitative estimate of drug-likeness (QED) is 0.707. The van der Waals surface area contributed by atoms with Gasteiger partial charge in [-0.2, -0.15) is 0 Å². The Labute approximate surface area is 104 Å². The second-order valence-corrected chi connectivity index (χ2v) is 5.18. The van der Waals surface area contributed by atoms with Crippen LogP contribution in [0, 0.1) is 0 Å². The number of hydrogen-bond donors (Lipinski definition) is 1. The highest BCUT2D eigenvalue weighted by Crippen LogP contribution is 2.34. The van der Waals surface area contributed by atoms with Gasteiger partial charge < -0.3 is 10.1 Å². The highest BCUT2D eigenvalue weighted by molar-refractivity contribution is 5.81. The zero-order valence-electron chi connectivity index (χ0n) is 11.0. The predicted molar refractivity (Wildman–Crippen MR) is 66.9 cm³/mol. The van der Waals surface area contributed by atoms with Gasteiger partial charge in [0, 0.05) is 19.1 Å². The summed E-state index contributed by atoms with van der Waals surface area (Å²) in [5.41, 5.74) is -0.436. The summed E-state index contributed by atoms with van der Waals surface area (Å²) >= 11 is 0. The van der Waals surface area contributed by atoms with Crippen LogP contribution in [0.4, 0.5) is 0 Å². The first-order chi connectivity index (χ1) is 8.22. The van der Waals surface area contributed by atoms with Crippen molar-refractivity contribution >= 4 is 5.97 Å². The fourth-order valence-electron chi connectivity index (χ4n) is 2.61. The molecule has 17 heavy (non-hydrogen) atoms. The Kier molecular flexibility index (Phi) is 4.05. The molecule has 2 aliphatic rings. The van der Waals surface area contributed by atoms with E-state index in [4.69, 9.17) is 4.74 Å². The summed E-state index contributed by atoms with van der Waals surface area (Å²) in [5, 5.41) is 3.43. The van der Waals surface area contributed by atoms with E-state index in [-0.39, 0.29) is 5.97 Å². The van der Waals surface area contributed by atoms with Crippen molar-refractivity contribution in [3.63, 3.8) is 0 Å². The highest BCUT2D eigenvalue weighted by atomic mass is 16.5. The molecule has 0 aromatic carbocycles. The maximum absolute atomic E-state index is 12.2. The fraction of sp³-hybridized carbons (Fsp3) is 0.923. The predicted octanol–water partition coefficient (Wildman–Crippen LogP) is 1.16. The smallest absolute Gasteiger partial charge is 0.327 e. The first-order valence-corrected chi connectivity index (χ1v) is 6.88. The molecule has 1 aliphatic heterocycles. The summed E-state index contributed by atoms with van der Waals surface area (Å²) in [7, 11) is 0. The molecule has 1 unspecified atom stereocenters. The van der Waals surface area contributed by atoms with Crippen molar-refractivity contribution in [1.29, 1.82) is 0 Å². The average Bonchev–Trinajstić information content (AvgIpc) is 3.08. The van der Waals surface area contributed by atoms with Crippen molar-refractivity contribution < 1.29 is 9.53 Å². The van der Waals surface area contributed by atoms with Crippen LogP contribution in [0.5, 0.6) is 0 Å². The molecule has 98 valence electrons. The number of carbonyl (C=O) groups excluding carboxylic acids is 1. The normalized spacial score (nSPS) is 29.5. The van der Waals surface area contributed by atoms with Crippen molar-refractivity contribution in [3.05, 3.63) is 0 Å². The maximum Gasteiger partial charge on any atom is 0.327 e. The molecule has 1 atom stereocenters. The molecule has 0 radical (unpaired) electrons. The van der Waals surface area contributed by atoms with E-state index in [0.29, 0.717) is 6.61 Å². The zero-order valence-corrected chi connectivity index (χ0v) is 11.0. The third-order valence-electron chi connectivity index (χ3n) is 3.74. The molecule has 2 fully saturated rings. The summed E-state index contributed by atoms with van der Waals surface area (Å²) < 4.78 is 5.25. The molecule has 1 heterocycles. The first-order valence-electron chi connectivity index (χ1n) is 6.88. The van der Waals surface area contributed by atoms with E-state index in [2.05, 4.69) is 17.1 Å². The fourth-order valence-corrected chi connectivity index (χ4v) is 2.61. The van der Waals surface area contributed by atoms with Gasteiger partial charge in [0.2, 0.25) is 0 Å². The summed E-state index contributed by atoms with van der Waals surface area (Å²) in [4.78, 5) is 14.6. The molecule has 2 rings (SSSR count). The molecule has 4 heteroatoms. The molecule has 1 saturated carbocycles. The molecule has 0 aromatic rings. The van der Waals surface area contributed by atoms with Crippen LogP contribution >= 0.6 is 0 Å². The van der Waals surface area contributed by atoms with Gasteiger partial charge in [0.25, 0.3) is 0 Å². The number of ether oxygens (including phenoxy) is 1. The number of carbonyl (C=O) groups is 1. The Morgan fingerprint density at radius 1 is 1.47 bits per heavy atom. The SMILES string of the molecule is CCCNC1(C(=O)OCC)CCN(C2CC2)C1. The van der Waals surface area contributed by atoms with E-state index in [1.165, 1.54) is 12.8 Å². The van der Waals surface area contributed by atoms with Gasteiger partial charge in [-0.3, -0.25) is 4.90 Å². The molecule has 0 bridgehead atoms. The van der Waals surface area contributed by atoms with Crippen LogP contribution in [-0.4, -0.2) is 48.7 Å². The van der Waals surface area contributed by atoms with Gasteiger partial charge >= 0.3 is 5.97 Å². The van der Waals surface area contributed by atoms with Crippen LogP contribution in [0.15, 0.2) is 0 Å². The zero-order chi connectivity index (χ0) is 12.3. The van der Waals surface area contributed by atoms with E-state index >= 15 is 0 Å². The Hall–Kier alpha value is -0.610. The summed E-state index contributed by atoms with van der Waals surface area (Å²) in [6, 6.07) is 0.731. The Balaban J connectivity index is 1.99. The van der Waals surface area contributed by atoms with Crippen LogP contribution in [0.2, 0.25) is 0 Å². The number of nitrogens with one attached hydrogen (secondary N) is 1. The van der Waals surface area contributed by atoms with Gasteiger partial charge in [-0.15, -0.1) is 0 Å². The molecular weight excluding hydrogens is 216 g/mol. The van der Waals surface area contributed by atoms with Gasteiger partial charge in [-0.25, -0.2) is 4.79 Å². The van der Waals surface area contributed by atoms with Crippen LogP contribution in [0.1, 0.15) is 39.5 Å². The molecule has 0 spiro atoms. The number of likely N-dealkylation sites (tertiary alicyclic amines) is 1. The lowest BCUT2D eigenvalue weighted by atomic mass is 9.98. The second-order valence-electron chi connectivity index (χ2n) is 5.18. The van der Waals surface area contributed by atoms with Gasteiger partial charge in [0.05, 0.1) is 6.61 Å². The standard InChI is InChI=1S/C13H24N2O2/c1-3-8-14-13(12(16)17-4-2)7-9-15(10-13)11-5-6-11/h11,14H,3-10H2,1-2H3. The van der Waals surface area contributed by atoms with Crippen molar-refractivity contribution in [2.45, 2.75) is 51.1 Å². The Morgan fingerprint density at radius 3 is 2.82 bits per heavy atom. The molecular formula is C13H24N2O2. The minimum atomic E-state index is -0.436. The molecule has 0 aromatic heterocycles. The van der Waals surface area contributed by atoms with E-state index in [1.54, 1.807) is 0 Å². The minimum Gasteiger partial charge on any atom is -0.465 e. The second kappa shape index (κ2) is 5.36. The number of rotatable bonds is 6. The average molecular weight is 240 g/mol. The van der Waals surface area contributed by atoms with Crippen LogP contribution < -0.4 is 5.32 Å². The van der Waals surface area contributed by atoms with Crippen molar-refractivity contribution in [2.75, 3.05) is 26.2 Å². The molecule has 1 N–H and O–H groups in total. The van der Waals surface area contributed by atoms with Gasteiger partial charge in [-0.1, -0.05) is 6.92 Å². The van der Waals surface area contributed by atoms with E-state index in [1.807, 2.05) is 6.92 Å². The van der Waals surface area contributed by atoms with E-state index in [9.17, 15) is 4.79 Å². The molecule has 4 nitrogen and oxygen atoms in total. The maximum atomic E-state index is 12.2. The van der Waals surface area contributed by atoms with E-state index in [0.717, 1.165) is 38.5 Å². The topological polar surface area (TPSA) is 41.6 Å². The highest BCUT2D eigenvalue weighted by Gasteiger charge is 2.48. The Morgan fingerprint density at radius 2 is 2.24 bits per heavy atom. The van der Waals surface area contributed by atoms with Crippen molar-refractivity contribution in [1.82, 2.24) is 10.2 Å². The summed E-state index contributed by atoms with van der Waals surface area (Å²) in [6.45, 7) is 7.21. The minimum absolute atomic E-state index is 0.0587. The van der Waals surface area contributed by atoms with Crippen molar-refractivity contribution in [3.8, 4) is 0 Å².